The summed E-state index contributed by atoms with van der Waals surface area (Å²) in [7, 11) is 1.66. The molecule has 3 fully saturated rings. The zero-order chi connectivity index (χ0) is 13.9. The van der Waals surface area contributed by atoms with Gasteiger partial charge in [0.05, 0.1) is 0 Å². The van der Waals surface area contributed by atoms with Crippen LogP contribution in [-0.2, 0) is 4.74 Å². The van der Waals surface area contributed by atoms with Gasteiger partial charge in [0.25, 0.3) is 0 Å². The van der Waals surface area contributed by atoms with Crippen LogP contribution in [0.4, 0.5) is 0 Å². The summed E-state index contributed by atoms with van der Waals surface area (Å²) in [5.74, 6) is 1.52. The summed E-state index contributed by atoms with van der Waals surface area (Å²) in [6, 6.07) is 0. The molecule has 2 bridgehead atoms. The molecule has 3 aliphatic carbocycles. The van der Waals surface area contributed by atoms with Crippen molar-refractivity contribution in [3.05, 3.63) is 0 Å². The summed E-state index contributed by atoms with van der Waals surface area (Å²) < 4.78 is 5.39. The molecule has 0 aliphatic heterocycles. The molecule has 19 heavy (non-hydrogen) atoms. The van der Waals surface area contributed by atoms with Crippen molar-refractivity contribution in [3.8, 4) is 0 Å². The third-order valence-corrected chi connectivity index (χ3v) is 7.53. The molecule has 1 N–H and O–H groups in total. The largest absolute Gasteiger partial charge is 0.365 e. The first-order valence-electron chi connectivity index (χ1n) is 8.10. The van der Waals surface area contributed by atoms with Crippen molar-refractivity contribution in [2.75, 3.05) is 7.11 Å². The summed E-state index contributed by atoms with van der Waals surface area (Å²) in [6.45, 7) is 7.48. The molecule has 0 aromatic rings. The second-order valence-corrected chi connectivity index (χ2v) is 8.22. The van der Waals surface area contributed by atoms with E-state index in [9.17, 15) is 5.11 Å². The van der Waals surface area contributed by atoms with Crippen LogP contribution < -0.4 is 0 Å². The molecule has 3 aliphatic rings. The van der Waals surface area contributed by atoms with E-state index in [4.69, 9.17) is 4.74 Å². The van der Waals surface area contributed by atoms with Crippen molar-refractivity contribution < 1.29 is 9.84 Å². The van der Waals surface area contributed by atoms with Crippen LogP contribution in [0.2, 0.25) is 0 Å². The molecule has 0 amide bonds. The van der Waals surface area contributed by atoms with Gasteiger partial charge in [0.1, 0.15) is 0 Å². The van der Waals surface area contributed by atoms with E-state index in [2.05, 4.69) is 20.8 Å². The van der Waals surface area contributed by atoms with E-state index < -0.39 is 5.79 Å². The van der Waals surface area contributed by atoms with Gasteiger partial charge < -0.3 is 9.84 Å². The zero-order valence-corrected chi connectivity index (χ0v) is 13.0. The first kappa shape index (κ1) is 13.9. The van der Waals surface area contributed by atoms with Gasteiger partial charge in [-0.3, -0.25) is 0 Å². The van der Waals surface area contributed by atoms with Crippen molar-refractivity contribution in [2.45, 2.75) is 71.5 Å². The Morgan fingerprint density at radius 3 is 2.37 bits per heavy atom. The summed E-state index contributed by atoms with van der Waals surface area (Å²) in [6.07, 6.45) is 8.26. The van der Waals surface area contributed by atoms with Gasteiger partial charge >= 0.3 is 0 Å². The van der Waals surface area contributed by atoms with Crippen LogP contribution in [-0.4, -0.2) is 18.0 Å². The molecular formula is C17H30O2. The fourth-order valence-corrected chi connectivity index (χ4v) is 5.76. The lowest BCUT2D eigenvalue weighted by atomic mass is 9.60. The normalized spacial score (nSPS) is 52.6. The molecule has 3 saturated carbocycles. The highest BCUT2D eigenvalue weighted by atomic mass is 16.6. The maximum Gasteiger partial charge on any atom is 0.165 e. The molecule has 2 unspecified atom stereocenters. The van der Waals surface area contributed by atoms with Crippen molar-refractivity contribution in [1.82, 2.24) is 0 Å². The van der Waals surface area contributed by atoms with Crippen LogP contribution in [0.1, 0.15) is 65.7 Å². The van der Waals surface area contributed by atoms with Gasteiger partial charge in [-0.05, 0) is 60.7 Å². The zero-order valence-electron chi connectivity index (χ0n) is 13.0. The molecule has 5 atom stereocenters. The minimum Gasteiger partial charge on any atom is -0.365 e. The minimum absolute atomic E-state index is 0.480. The van der Waals surface area contributed by atoms with E-state index >= 15 is 0 Å². The maximum absolute atomic E-state index is 10.5. The smallest absolute Gasteiger partial charge is 0.165 e. The number of rotatable bonds is 2. The van der Waals surface area contributed by atoms with E-state index in [0.717, 1.165) is 31.1 Å². The summed E-state index contributed by atoms with van der Waals surface area (Å²) in [5.41, 5.74) is 0.967. The molecule has 110 valence electrons. The third kappa shape index (κ3) is 1.82. The lowest BCUT2D eigenvalue weighted by Gasteiger charge is -2.46. The molecule has 2 heteroatoms. The van der Waals surface area contributed by atoms with E-state index in [1.54, 1.807) is 7.11 Å². The van der Waals surface area contributed by atoms with E-state index in [1.165, 1.54) is 25.7 Å². The molecule has 0 heterocycles. The number of hydrogen-bond acceptors (Lipinski definition) is 2. The number of ether oxygens (including phenoxy) is 1. The molecule has 0 radical (unpaired) electrons. The van der Waals surface area contributed by atoms with Crippen molar-refractivity contribution in [2.24, 2.45) is 28.6 Å². The SMILES string of the molecule is COC1(O)CCCC([C@@H]2C[C@H]3CC[C@]2(C)C3(C)C)C1. The Hall–Kier alpha value is -0.0800. The van der Waals surface area contributed by atoms with Crippen LogP contribution in [0.25, 0.3) is 0 Å². The second kappa shape index (κ2) is 4.21. The fourth-order valence-electron chi connectivity index (χ4n) is 5.76. The molecule has 0 saturated heterocycles. The van der Waals surface area contributed by atoms with Crippen molar-refractivity contribution >= 4 is 0 Å². The lowest BCUT2D eigenvalue weighted by Crippen LogP contribution is -2.43. The monoisotopic (exact) mass is 266 g/mol. The Bertz CT molecular complexity index is 364. The van der Waals surface area contributed by atoms with Gasteiger partial charge in [-0.2, -0.15) is 0 Å². The van der Waals surface area contributed by atoms with Crippen LogP contribution >= 0.6 is 0 Å². The van der Waals surface area contributed by atoms with Crippen LogP contribution in [0.3, 0.4) is 0 Å². The molecule has 0 aromatic carbocycles. The average molecular weight is 266 g/mol. The van der Waals surface area contributed by atoms with Crippen LogP contribution in [0, 0.1) is 28.6 Å². The lowest BCUT2D eigenvalue weighted by molar-refractivity contribution is -0.218. The second-order valence-electron chi connectivity index (χ2n) is 8.22. The van der Waals surface area contributed by atoms with Crippen molar-refractivity contribution in [1.29, 1.82) is 0 Å². The quantitative estimate of drug-likeness (QED) is 0.766. The van der Waals surface area contributed by atoms with Gasteiger partial charge in [-0.15, -0.1) is 0 Å². The molecule has 0 aromatic heterocycles. The fraction of sp³-hybridized carbons (Fsp3) is 1.00. The Morgan fingerprint density at radius 1 is 1.11 bits per heavy atom. The highest BCUT2D eigenvalue weighted by Crippen LogP contribution is 2.70. The van der Waals surface area contributed by atoms with Crippen molar-refractivity contribution in [3.63, 3.8) is 0 Å². The predicted octanol–water partition coefficient (Wildman–Crippen LogP) is 3.97. The van der Waals surface area contributed by atoms with Gasteiger partial charge in [-0.25, -0.2) is 0 Å². The number of hydrogen-bond donors (Lipinski definition) is 1. The Kier molecular flexibility index (Phi) is 3.07. The number of methoxy groups -OCH3 is 1. The Balaban J connectivity index is 1.81. The molecule has 2 nitrogen and oxygen atoms in total. The first-order chi connectivity index (χ1) is 8.82. The van der Waals surface area contributed by atoms with E-state index in [1.807, 2.05) is 0 Å². The Labute approximate surface area is 117 Å². The highest BCUT2D eigenvalue weighted by Gasteiger charge is 2.63. The van der Waals surface area contributed by atoms with Gasteiger partial charge in [0, 0.05) is 20.0 Å². The summed E-state index contributed by atoms with van der Waals surface area (Å²) in [4.78, 5) is 0. The minimum atomic E-state index is -0.842. The predicted molar refractivity (Wildman–Crippen MR) is 76.6 cm³/mol. The molecule has 3 rings (SSSR count). The van der Waals surface area contributed by atoms with Gasteiger partial charge in [0.2, 0.25) is 0 Å². The maximum atomic E-state index is 10.5. The number of aliphatic hydroxyl groups is 1. The van der Waals surface area contributed by atoms with Gasteiger partial charge in [0.15, 0.2) is 5.79 Å². The molecule has 0 spiro atoms. The first-order valence-corrected chi connectivity index (χ1v) is 8.10. The van der Waals surface area contributed by atoms with Gasteiger partial charge in [-0.1, -0.05) is 20.8 Å². The highest BCUT2D eigenvalue weighted by molar-refractivity contribution is 5.11. The summed E-state index contributed by atoms with van der Waals surface area (Å²) >= 11 is 0. The van der Waals surface area contributed by atoms with Crippen LogP contribution in [0.5, 0.6) is 0 Å². The van der Waals surface area contributed by atoms with Crippen LogP contribution in [0.15, 0.2) is 0 Å². The number of fused-ring (bicyclic) bond motifs is 2. The third-order valence-electron chi connectivity index (χ3n) is 7.53. The standard InChI is InChI=1S/C17H30O2/c1-15(2)13-7-9-16(15,3)14(10-13)12-6-5-8-17(18,11-12)19-4/h12-14,18H,5-11H2,1-4H3/t12?,13-,14+,16+,17?/m1/s1. The average Bonchev–Trinajstić information content (AvgIpc) is 2.71. The summed E-state index contributed by atoms with van der Waals surface area (Å²) in [5, 5.41) is 10.5. The Morgan fingerprint density at radius 2 is 1.84 bits per heavy atom. The molecular weight excluding hydrogens is 236 g/mol. The topological polar surface area (TPSA) is 29.5 Å². The van der Waals surface area contributed by atoms with E-state index in [0.29, 0.717) is 16.7 Å². The van der Waals surface area contributed by atoms with E-state index in [-0.39, 0.29) is 0 Å².